The molecule has 1 saturated heterocycles. The van der Waals surface area contributed by atoms with E-state index in [2.05, 4.69) is 0 Å². The number of carbonyl (C=O) groups is 1. The van der Waals surface area contributed by atoms with E-state index in [1.807, 2.05) is 0 Å². The van der Waals surface area contributed by atoms with Crippen molar-refractivity contribution in [3.63, 3.8) is 0 Å². The number of ether oxygens (including phenoxy) is 4. The zero-order valence-corrected chi connectivity index (χ0v) is 19.5. The van der Waals surface area contributed by atoms with E-state index in [4.69, 9.17) is 18.9 Å². The molecule has 0 atom stereocenters. The smallest absolute Gasteiger partial charge is 0.257 e. The highest BCUT2D eigenvalue weighted by Gasteiger charge is 2.27. The molecule has 1 aliphatic rings. The summed E-state index contributed by atoms with van der Waals surface area (Å²) < 4.78 is 48.9. The molecule has 0 saturated carbocycles. The van der Waals surface area contributed by atoms with Crippen molar-refractivity contribution in [2.75, 3.05) is 54.7 Å². The number of carbonyl (C=O) groups excluding carboxylic acids is 1. The van der Waals surface area contributed by atoms with Crippen LogP contribution in [0.15, 0.2) is 41.3 Å². The van der Waals surface area contributed by atoms with Crippen LogP contribution in [0.25, 0.3) is 0 Å². The molecule has 9 nitrogen and oxygen atoms in total. The predicted octanol–water partition coefficient (Wildman–Crippen LogP) is 2.01. The van der Waals surface area contributed by atoms with Crippen LogP contribution in [0.4, 0.5) is 0 Å². The lowest BCUT2D eigenvalue weighted by atomic mass is 10.1. The van der Waals surface area contributed by atoms with E-state index in [1.165, 1.54) is 50.9 Å². The third kappa shape index (κ3) is 4.98. The number of rotatable bonds is 8. The Hall–Kier alpha value is -2.82. The quantitative estimate of drug-likeness (QED) is 0.590. The summed E-state index contributed by atoms with van der Waals surface area (Å²) in [6.07, 6.45) is 0. The normalized spacial score (nSPS) is 14.3. The first-order valence-corrected chi connectivity index (χ1v) is 11.5. The molecule has 2 aromatic carbocycles. The SMILES string of the molecule is COc1ccc(CN(C)S(=O)(=O)c2ccc(OC)c(C(=O)N3CCOCC3)c2)cc1OC. The molecule has 1 amide bonds. The van der Waals surface area contributed by atoms with Gasteiger partial charge in [-0.1, -0.05) is 6.07 Å². The van der Waals surface area contributed by atoms with Crippen molar-refractivity contribution in [2.24, 2.45) is 0 Å². The molecule has 1 fully saturated rings. The molecule has 32 heavy (non-hydrogen) atoms. The maximum absolute atomic E-state index is 13.2. The molecule has 0 N–H and O–H groups in total. The van der Waals surface area contributed by atoms with Gasteiger partial charge >= 0.3 is 0 Å². The number of benzene rings is 2. The number of amides is 1. The fourth-order valence-electron chi connectivity index (χ4n) is 3.45. The first-order valence-electron chi connectivity index (χ1n) is 10.0. The third-order valence-corrected chi connectivity index (χ3v) is 7.06. The summed E-state index contributed by atoms with van der Waals surface area (Å²) in [5, 5.41) is 0. The minimum atomic E-state index is -3.87. The van der Waals surface area contributed by atoms with Gasteiger partial charge in [0.25, 0.3) is 5.91 Å². The Bertz CT molecular complexity index is 1070. The maximum Gasteiger partial charge on any atom is 0.257 e. The zero-order chi connectivity index (χ0) is 23.3. The molecule has 3 rings (SSSR count). The van der Waals surface area contributed by atoms with Gasteiger partial charge in [0, 0.05) is 26.7 Å². The first-order chi connectivity index (χ1) is 15.3. The van der Waals surface area contributed by atoms with E-state index in [0.717, 1.165) is 5.56 Å². The Morgan fingerprint density at radius 3 is 2.22 bits per heavy atom. The summed E-state index contributed by atoms with van der Waals surface area (Å²) >= 11 is 0. The molecule has 1 heterocycles. The van der Waals surface area contributed by atoms with Crippen LogP contribution in [-0.4, -0.2) is 78.2 Å². The van der Waals surface area contributed by atoms with Crippen LogP contribution in [0.2, 0.25) is 0 Å². The van der Waals surface area contributed by atoms with Gasteiger partial charge in [0.05, 0.1) is 45.0 Å². The van der Waals surface area contributed by atoms with Crippen molar-refractivity contribution in [1.29, 1.82) is 0 Å². The van der Waals surface area contributed by atoms with Crippen LogP contribution in [0.1, 0.15) is 15.9 Å². The zero-order valence-electron chi connectivity index (χ0n) is 18.7. The summed E-state index contributed by atoms with van der Waals surface area (Å²) in [5.74, 6) is 1.11. The first kappa shape index (κ1) is 23.8. The average Bonchev–Trinajstić information content (AvgIpc) is 2.83. The largest absolute Gasteiger partial charge is 0.496 e. The molecule has 0 aromatic heterocycles. The summed E-state index contributed by atoms with van der Waals surface area (Å²) in [5.41, 5.74) is 0.932. The van der Waals surface area contributed by atoms with Gasteiger partial charge in [-0.05, 0) is 35.9 Å². The second-order valence-corrected chi connectivity index (χ2v) is 9.26. The lowest BCUT2D eigenvalue weighted by Crippen LogP contribution is -2.40. The van der Waals surface area contributed by atoms with Crippen molar-refractivity contribution < 1.29 is 32.2 Å². The van der Waals surface area contributed by atoms with Crippen LogP contribution >= 0.6 is 0 Å². The monoisotopic (exact) mass is 464 g/mol. The second kappa shape index (κ2) is 10.2. The van der Waals surface area contributed by atoms with Gasteiger partial charge < -0.3 is 23.8 Å². The van der Waals surface area contributed by atoms with Crippen LogP contribution < -0.4 is 14.2 Å². The minimum Gasteiger partial charge on any atom is -0.496 e. The van der Waals surface area contributed by atoms with E-state index >= 15 is 0 Å². The van der Waals surface area contributed by atoms with Crippen LogP contribution in [0.3, 0.4) is 0 Å². The third-order valence-electron chi connectivity index (χ3n) is 5.26. The van der Waals surface area contributed by atoms with Gasteiger partial charge in [-0.25, -0.2) is 8.42 Å². The lowest BCUT2D eigenvalue weighted by Gasteiger charge is -2.27. The summed E-state index contributed by atoms with van der Waals surface area (Å²) in [7, 11) is 2.11. The van der Waals surface area contributed by atoms with Gasteiger partial charge in [0.1, 0.15) is 5.75 Å². The van der Waals surface area contributed by atoms with Crippen LogP contribution in [-0.2, 0) is 21.3 Å². The Balaban J connectivity index is 1.88. The van der Waals surface area contributed by atoms with Gasteiger partial charge in [0.2, 0.25) is 10.0 Å². The standard InChI is InChI=1S/C22H28N2O7S/c1-23(15-16-5-7-20(29-3)21(13-16)30-4)32(26,27)17-6-8-19(28-2)18(14-17)22(25)24-9-11-31-12-10-24/h5-8,13-14H,9-12,15H2,1-4H3. The Morgan fingerprint density at radius 1 is 0.969 bits per heavy atom. The van der Waals surface area contributed by atoms with E-state index in [9.17, 15) is 13.2 Å². The minimum absolute atomic E-state index is 0.0119. The fourth-order valence-corrected chi connectivity index (χ4v) is 4.64. The molecule has 10 heteroatoms. The fraction of sp³-hybridized carbons (Fsp3) is 0.409. The van der Waals surface area contributed by atoms with Crippen molar-refractivity contribution in [1.82, 2.24) is 9.21 Å². The van der Waals surface area contributed by atoms with Gasteiger partial charge in [-0.3, -0.25) is 4.79 Å². The molecular weight excluding hydrogens is 436 g/mol. The molecule has 0 unspecified atom stereocenters. The molecule has 2 aromatic rings. The van der Waals surface area contributed by atoms with E-state index < -0.39 is 10.0 Å². The molecular formula is C22H28N2O7S. The number of methoxy groups -OCH3 is 3. The van der Waals surface area contributed by atoms with Gasteiger partial charge in [-0.2, -0.15) is 4.31 Å². The van der Waals surface area contributed by atoms with E-state index in [1.54, 1.807) is 23.1 Å². The molecule has 0 bridgehead atoms. The topological polar surface area (TPSA) is 94.6 Å². The molecule has 0 radical (unpaired) electrons. The second-order valence-electron chi connectivity index (χ2n) is 7.22. The van der Waals surface area contributed by atoms with Crippen molar-refractivity contribution in [3.05, 3.63) is 47.5 Å². The van der Waals surface area contributed by atoms with Gasteiger partial charge in [0.15, 0.2) is 11.5 Å². The number of morpholine rings is 1. The number of hydrogen-bond acceptors (Lipinski definition) is 7. The summed E-state index contributed by atoms with van der Waals surface area (Å²) in [4.78, 5) is 14.6. The van der Waals surface area contributed by atoms with Crippen molar-refractivity contribution in [2.45, 2.75) is 11.4 Å². The van der Waals surface area contributed by atoms with Gasteiger partial charge in [-0.15, -0.1) is 0 Å². The highest BCUT2D eigenvalue weighted by Crippen LogP contribution is 2.30. The Labute approximate surface area is 188 Å². The molecule has 0 spiro atoms. The molecule has 1 aliphatic heterocycles. The van der Waals surface area contributed by atoms with Crippen LogP contribution in [0.5, 0.6) is 17.2 Å². The van der Waals surface area contributed by atoms with E-state index in [-0.39, 0.29) is 22.9 Å². The van der Waals surface area contributed by atoms with E-state index in [0.29, 0.717) is 43.6 Å². The maximum atomic E-state index is 13.2. The Morgan fingerprint density at radius 2 is 1.59 bits per heavy atom. The highest BCUT2D eigenvalue weighted by molar-refractivity contribution is 7.89. The molecule has 0 aliphatic carbocycles. The Kier molecular flexibility index (Phi) is 7.60. The number of hydrogen-bond donors (Lipinski definition) is 0. The number of sulfonamides is 1. The van der Waals surface area contributed by atoms with Crippen molar-refractivity contribution in [3.8, 4) is 17.2 Å². The lowest BCUT2D eigenvalue weighted by molar-refractivity contribution is 0.0300. The highest BCUT2D eigenvalue weighted by atomic mass is 32.2. The summed E-state index contributed by atoms with van der Waals surface area (Å²) in [6, 6.07) is 9.54. The number of nitrogens with zero attached hydrogens (tertiary/aromatic N) is 2. The van der Waals surface area contributed by atoms with Crippen molar-refractivity contribution >= 4 is 15.9 Å². The molecule has 174 valence electrons. The average molecular weight is 465 g/mol. The van der Waals surface area contributed by atoms with Crippen LogP contribution in [0, 0.1) is 0 Å². The summed E-state index contributed by atoms with van der Waals surface area (Å²) in [6.45, 7) is 1.89. The predicted molar refractivity (Wildman–Crippen MR) is 118 cm³/mol.